The molecule has 0 radical (unpaired) electrons. The SMILES string of the molecule is CCN(CCNC(C)c1ccc(O)cc1F)C(=O)OC(C)(C)C. The van der Waals surface area contributed by atoms with Crippen LogP contribution in [0.1, 0.15) is 46.2 Å². The average molecular weight is 326 g/mol. The maximum Gasteiger partial charge on any atom is 0.410 e. The Kier molecular flexibility index (Phi) is 6.81. The highest BCUT2D eigenvalue weighted by Crippen LogP contribution is 2.20. The first-order valence-corrected chi connectivity index (χ1v) is 7.83. The van der Waals surface area contributed by atoms with Gasteiger partial charge in [-0.2, -0.15) is 0 Å². The van der Waals surface area contributed by atoms with E-state index in [-0.39, 0.29) is 17.9 Å². The number of benzene rings is 1. The van der Waals surface area contributed by atoms with Crippen molar-refractivity contribution in [2.75, 3.05) is 19.6 Å². The molecule has 0 aliphatic heterocycles. The van der Waals surface area contributed by atoms with Crippen LogP contribution in [0.25, 0.3) is 0 Å². The van der Waals surface area contributed by atoms with Crippen molar-refractivity contribution in [1.82, 2.24) is 10.2 Å². The first-order valence-electron chi connectivity index (χ1n) is 7.83. The highest BCUT2D eigenvalue weighted by atomic mass is 19.1. The van der Waals surface area contributed by atoms with Crippen LogP contribution in [0.3, 0.4) is 0 Å². The van der Waals surface area contributed by atoms with E-state index in [0.29, 0.717) is 25.2 Å². The average Bonchev–Trinajstić information content (AvgIpc) is 2.41. The zero-order valence-electron chi connectivity index (χ0n) is 14.5. The molecule has 0 fully saturated rings. The van der Waals surface area contributed by atoms with E-state index in [0.717, 1.165) is 6.07 Å². The van der Waals surface area contributed by atoms with Gasteiger partial charge in [0.2, 0.25) is 0 Å². The first-order chi connectivity index (χ1) is 10.6. The molecule has 5 nitrogen and oxygen atoms in total. The summed E-state index contributed by atoms with van der Waals surface area (Å²) in [4.78, 5) is 13.6. The van der Waals surface area contributed by atoms with E-state index in [1.807, 2.05) is 34.6 Å². The molecule has 1 amide bonds. The second kappa shape index (κ2) is 8.15. The number of aromatic hydroxyl groups is 1. The van der Waals surface area contributed by atoms with Crippen molar-refractivity contribution < 1.29 is 19.0 Å². The molecule has 0 aliphatic rings. The second-order valence-corrected chi connectivity index (χ2v) is 6.44. The number of ether oxygens (including phenoxy) is 1. The molecule has 0 spiro atoms. The Bertz CT molecular complexity index is 529. The van der Waals surface area contributed by atoms with Gasteiger partial charge in [-0.15, -0.1) is 0 Å². The van der Waals surface area contributed by atoms with E-state index in [9.17, 15) is 14.3 Å². The number of nitrogens with zero attached hydrogens (tertiary/aromatic N) is 1. The van der Waals surface area contributed by atoms with Crippen molar-refractivity contribution in [2.45, 2.75) is 46.3 Å². The number of hydrogen-bond acceptors (Lipinski definition) is 4. The van der Waals surface area contributed by atoms with Gasteiger partial charge in [-0.05, 0) is 40.7 Å². The Morgan fingerprint density at radius 1 is 1.43 bits per heavy atom. The number of rotatable bonds is 6. The number of amides is 1. The molecule has 0 heterocycles. The summed E-state index contributed by atoms with van der Waals surface area (Å²) in [7, 11) is 0. The normalized spacial score (nSPS) is 12.8. The summed E-state index contributed by atoms with van der Waals surface area (Å²) in [6, 6.07) is 3.86. The van der Waals surface area contributed by atoms with E-state index in [1.54, 1.807) is 11.0 Å². The topological polar surface area (TPSA) is 61.8 Å². The molecule has 0 aliphatic carbocycles. The zero-order chi connectivity index (χ0) is 17.6. The van der Waals surface area contributed by atoms with Crippen molar-refractivity contribution in [3.63, 3.8) is 0 Å². The Labute approximate surface area is 137 Å². The van der Waals surface area contributed by atoms with Crippen molar-refractivity contribution >= 4 is 6.09 Å². The fourth-order valence-electron chi connectivity index (χ4n) is 2.10. The minimum atomic E-state index is -0.527. The van der Waals surface area contributed by atoms with Crippen LogP contribution in [0, 0.1) is 5.82 Å². The highest BCUT2D eigenvalue weighted by molar-refractivity contribution is 5.68. The molecule has 1 unspecified atom stereocenters. The molecular weight excluding hydrogens is 299 g/mol. The fraction of sp³-hybridized carbons (Fsp3) is 0.588. The molecule has 0 saturated heterocycles. The third kappa shape index (κ3) is 6.44. The predicted molar refractivity (Wildman–Crippen MR) is 88.0 cm³/mol. The van der Waals surface area contributed by atoms with Crippen LogP contribution in [0.15, 0.2) is 18.2 Å². The van der Waals surface area contributed by atoms with E-state index >= 15 is 0 Å². The number of phenols is 1. The quantitative estimate of drug-likeness (QED) is 0.840. The lowest BCUT2D eigenvalue weighted by Crippen LogP contribution is -2.40. The zero-order valence-corrected chi connectivity index (χ0v) is 14.5. The highest BCUT2D eigenvalue weighted by Gasteiger charge is 2.21. The van der Waals surface area contributed by atoms with Crippen molar-refractivity contribution in [2.24, 2.45) is 0 Å². The third-order valence-electron chi connectivity index (χ3n) is 3.32. The molecule has 1 rings (SSSR count). The van der Waals surface area contributed by atoms with Gasteiger partial charge in [-0.3, -0.25) is 0 Å². The lowest BCUT2D eigenvalue weighted by atomic mass is 10.1. The minimum Gasteiger partial charge on any atom is -0.508 e. The Morgan fingerprint density at radius 3 is 2.61 bits per heavy atom. The molecule has 0 bridgehead atoms. The van der Waals surface area contributed by atoms with Crippen LogP contribution in [0.4, 0.5) is 9.18 Å². The number of phenolic OH excluding ortho intramolecular Hbond substituents is 1. The fourth-order valence-corrected chi connectivity index (χ4v) is 2.10. The Hall–Kier alpha value is -1.82. The van der Waals surface area contributed by atoms with Crippen LogP contribution in [-0.2, 0) is 4.74 Å². The molecule has 0 aromatic heterocycles. The number of nitrogens with one attached hydrogen (secondary N) is 1. The molecule has 23 heavy (non-hydrogen) atoms. The van der Waals surface area contributed by atoms with Crippen LogP contribution >= 0.6 is 0 Å². The van der Waals surface area contributed by atoms with Gasteiger partial charge in [0.05, 0.1) is 0 Å². The summed E-state index contributed by atoms with van der Waals surface area (Å²) in [5.41, 5.74) is -0.0523. The van der Waals surface area contributed by atoms with Gasteiger partial charge < -0.3 is 20.1 Å². The van der Waals surface area contributed by atoms with E-state index in [4.69, 9.17) is 4.74 Å². The summed E-state index contributed by atoms with van der Waals surface area (Å²) in [6.45, 7) is 10.7. The summed E-state index contributed by atoms with van der Waals surface area (Å²) in [6.07, 6.45) is -0.356. The lowest BCUT2D eigenvalue weighted by Gasteiger charge is -2.27. The molecule has 130 valence electrons. The van der Waals surface area contributed by atoms with Crippen molar-refractivity contribution in [3.8, 4) is 5.75 Å². The molecule has 1 atom stereocenters. The number of carbonyl (C=O) groups excluding carboxylic acids is 1. The molecule has 2 N–H and O–H groups in total. The molecule has 1 aromatic carbocycles. The minimum absolute atomic E-state index is 0.0967. The molecule has 6 heteroatoms. The maximum absolute atomic E-state index is 13.8. The van der Waals surface area contributed by atoms with Gasteiger partial charge in [0.15, 0.2) is 0 Å². The molecule has 1 aromatic rings. The van der Waals surface area contributed by atoms with Gasteiger partial charge in [-0.25, -0.2) is 9.18 Å². The lowest BCUT2D eigenvalue weighted by molar-refractivity contribution is 0.0261. The predicted octanol–water partition coefficient (Wildman–Crippen LogP) is 3.44. The van der Waals surface area contributed by atoms with Gasteiger partial charge in [0.1, 0.15) is 17.2 Å². The van der Waals surface area contributed by atoms with Gasteiger partial charge in [0, 0.05) is 37.3 Å². The van der Waals surface area contributed by atoms with Crippen molar-refractivity contribution in [3.05, 3.63) is 29.6 Å². The third-order valence-corrected chi connectivity index (χ3v) is 3.32. The number of halogens is 1. The Balaban J connectivity index is 2.52. The van der Waals surface area contributed by atoms with Gasteiger partial charge in [-0.1, -0.05) is 6.07 Å². The van der Waals surface area contributed by atoms with Gasteiger partial charge >= 0.3 is 6.09 Å². The maximum atomic E-state index is 13.8. The summed E-state index contributed by atoms with van der Waals surface area (Å²) in [5, 5.41) is 12.4. The first kappa shape index (κ1) is 19.2. The van der Waals surface area contributed by atoms with Crippen molar-refractivity contribution in [1.29, 1.82) is 0 Å². The second-order valence-electron chi connectivity index (χ2n) is 6.44. The smallest absolute Gasteiger partial charge is 0.410 e. The number of likely N-dealkylation sites (N-methyl/N-ethyl adjacent to an activating group) is 1. The van der Waals surface area contributed by atoms with Crippen LogP contribution in [0.5, 0.6) is 5.75 Å². The van der Waals surface area contributed by atoms with Crippen LogP contribution in [0.2, 0.25) is 0 Å². The van der Waals surface area contributed by atoms with Crippen LogP contribution in [-0.4, -0.2) is 41.3 Å². The van der Waals surface area contributed by atoms with E-state index < -0.39 is 11.4 Å². The standard InChI is InChI=1S/C17H27FN2O3/c1-6-20(16(22)23-17(3,4)5)10-9-19-12(2)14-8-7-13(21)11-15(14)18/h7-8,11-12,19,21H,6,9-10H2,1-5H3. The Morgan fingerprint density at radius 2 is 2.09 bits per heavy atom. The van der Waals surface area contributed by atoms with Crippen LogP contribution < -0.4 is 5.32 Å². The molecular formula is C17H27FN2O3. The number of hydrogen-bond donors (Lipinski definition) is 2. The summed E-state index contributed by atoms with van der Waals surface area (Å²) < 4.78 is 19.1. The van der Waals surface area contributed by atoms with Gasteiger partial charge in [0.25, 0.3) is 0 Å². The largest absolute Gasteiger partial charge is 0.508 e. The number of carbonyl (C=O) groups is 1. The molecule has 0 saturated carbocycles. The van der Waals surface area contributed by atoms with E-state index in [1.165, 1.54) is 6.07 Å². The van der Waals surface area contributed by atoms with E-state index in [2.05, 4.69) is 5.32 Å². The summed E-state index contributed by atoms with van der Waals surface area (Å²) in [5.74, 6) is -0.551. The summed E-state index contributed by atoms with van der Waals surface area (Å²) >= 11 is 0. The monoisotopic (exact) mass is 326 g/mol.